The Morgan fingerprint density at radius 2 is 2.00 bits per heavy atom. The van der Waals surface area contributed by atoms with Crippen LogP contribution in [0.2, 0.25) is 0 Å². The van der Waals surface area contributed by atoms with Gasteiger partial charge in [0.05, 0.1) is 6.42 Å². The van der Waals surface area contributed by atoms with Crippen molar-refractivity contribution >= 4 is 27.3 Å². The molecular formula is C16H24N2O3S2. The topological polar surface area (TPSA) is 57.7 Å². The SMILES string of the molecule is C=C(C)CN(CC)C(=O)Cc1ccc(S(=O)(=O)N2CCCC2)s1. The van der Waals surface area contributed by atoms with E-state index in [0.29, 0.717) is 30.4 Å². The Balaban J connectivity index is 2.07. The standard InChI is InChI=1S/C16H24N2O3S2/c1-4-17(12-13(2)3)15(19)11-14-7-8-16(22-14)23(20,21)18-9-5-6-10-18/h7-8H,2,4-6,9-12H2,1,3H3. The lowest BCUT2D eigenvalue weighted by Crippen LogP contribution is -2.33. The molecule has 1 saturated heterocycles. The molecule has 1 aromatic heterocycles. The fraction of sp³-hybridized carbons (Fsp3) is 0.562. The van der Waals surface area contributed by atoms with Crippen molar-refractivity contribution in [3.63, 3.8) is 0 Å². The van der Waals surface area contributed by atoms with Crippen LogP contribution in [0.5, 0.6) is 0 Å². The van der Waals surface area contributed by atoms with Crippen molar-refractivity contribution in [1.29, 1.82) is 0 Å². The van der Waals surface area contributed by atoms with Gasteiger partial charge < -0.3 is 4.90 Å². The second kappa shape index (κ2) is 7.59. The Bertz CT molecular complexity index is 673. The first kappa shape index (κ1) is 18.2. The van der Waals surface area contributed by atoms with Crippen molar-refractivity contribution in [2.75, 3.05) is 26.2 Å². The van der Waals surface area contributed by atoms with Gasteiger partial charge in [0.15, 0.2) is 0 Å². The Kier molecular flexibility index (Phi) is 6.00. The van der Waals surface area contributed by atoms with Gasteiger partial charge in [-0.3, -0.25) is 4.79 Å². The summed E-state index contributed by atoms with van der Waals surface area (Å²) in [5.41, 5.74) is 0.934. The molecule has 23 heavy (non-hydrogen) atoms. The number of thiophene rings is 1. The van der Waals surface area contributed by atoms with Crippen LogP contribution in [0, 0.1) is 0 Å². The molecular weight excluding hydrogens is 332 g/mol. The average molecular weight is 357 g/mol. The predicted octanol–water partition coefficient (Wildman–Crippen LogP) is 2.50. The number of hydrogen-bond acceptors (Lipinski definition) is 4. The zero-order valence-corrected chi connectivity index (χ0v) is 15.4. The molecule has 5 nitrogen and oxygen atoms in total. The van der Waals surface area contributed by atoms with Crippen LogP contribution >= 0.6 is 11.3 Å². The average Bonchev–Trinajstić information content (AvgIpc) is 3.15. The number of sulfonamides is 1. The van der Waals surface area contributed by atoms with Gasteiger partial charge in [-0.1, -0.05) is 12.2 Å². The molecule has 1 fully saturated rings. The third-order valence-electron chi connectivity index (χ3n) is 3.82. The molecule has 2 heterocycles. The molecule has 1 aromatic rings. The van der Waals surface area contributed by atoms with Gasteiger partial charge in [-0.2, -0.15) is 4.31 Å². The number of hydrogen-bond donors (Lipinski definition) is 0. The van der Waals surface area contributed by atoms with E-state index in [9.17, 15) is 13.2 Å². The van der Waals surface area contributed by atoms with Crippen molar-refractivity contribution < 1.29 is 13.2 Å². The zero-order valence-electron chi connectivity index (χ0n) is 13.7. The van der Waals surface area contributed by atoms with Crippen molar-refractivity contribution in [3.05, 3.63) is 29.2 Å². The lowest BCUT2D eigenvalue weighted by Gasteiger charge is -2.20. The summed E-state index contributed by atoms with van der Waals surface area (Å²) in [6.45, 7) is 10.0. The number of amides is 1. The van der Waals surface area contributed by atoms with Gasteiger partial charge in [0.2, 0.25) is 5.91 Å². The van der Waals surface area contributed by atoms with Crippen LogP contribution < -0.4 is 0 Å². The monoisotopic (exact) mass is 356 g/mol. The summed E-state index contributed by atoms with van der Waals surface area (Å²) in [7, 11) is -3.39. The van der Waals surface area contributed by atoms with Crippen LogP contribution in [0.4, 0.5) is 0 Å². The van der Waals surface area contributed by atoms with E-state index in [-0.39, 0.29) is 12.3 Å². The van der Waals surface area contributed by atoms with Crippen LogP contribution in [-0.2, 0) is 21.2 Å². The van der Waals surface area contributed by atoms with Gasteiger partial charge >= 0.3 is 0 Å². The number of carbonyl (C=O) groups excluding carboxylic acids is 1. The third-order valence-corrected chi connectivity index (χ3v) is 7.27. The molecule has 1 aliphatic rings. The number of carbonyl (C=O) groups is 1. The van der Waals surface area contributed by atoms with E-state index in [2.05, 4.69) is 6.58 Å². The fourth-order valence-corrected chi connectivity index (χ4v) is 5.63. The number of rotatable bonds is 7. The van der Waals surface area contributed by atoms with Crippen molar-refractivity contribution in [2.45, 2.75) is 37.3 Å². The van der Waals surface area contributed by atoms with Crippen LogP contribution in [0.25, 0.3) is 0 Å². The number of likely N-dealkylation sites (N-methyl/N-ethyl adjacent to an activating group) is 1. The van der Waals surface area contributed by atoms with Crippen LogP contribution in [-0.4, -0.2) is 49.7 Å². The molecule has 0 bridgehead atoms. The summed E-state index contributed by atoms with van der Waals surface area (Å²) in [6, 6.07) is 3.37. The second-order valence-corrected chi connectivity index (χ2v) is 9.21. The molecule has 0 aromatic carbocycles. The summed E-state index contributed by atoms with van der Waals surface area (Å²) in [6.07, 6.45) is 2.08. The van der Waals surface area contributed by atoms with Gasteiger partial charge in [0.25, 0.3) is 10.0 Å². The van der Waals surface area contributed by atoms with Gasteiger partial charge in [-0.05, 0) is 38.8 Å². The molecule has 0 radical (unpaired) electrons. The summed E-state index contributed by atoms with van der Waals surface area (Å²) in [5, 5.41) is 0. The highest BCUT2D eigenvalue weighted by Crippen LogP contribution is 2.27. The normalized spacial score (nSPS) is 15.7. The summed E-state index contributed by atoms with van der Waals surface area (Å²) in [4.78, 5) is 14.8. The molecule has 1 aliphatic heterocycles. The van der Waals surface area contributed by atoms with Crippen molar-refractivity contribution in [1.82, 2.24) is 9.21 Å². The largest absolute Gasteiger partial charge is 0.339 e. The molecule has 0 spiro atoms. The highest BCUT2D eigenvalue weighted by Gasteiger charge is 2.28. The first-order valence-corrected chi connectivity index (χ1v) is 10.1. The lowest BCUT2D eigenvalue weighted by molar-refractivity contribution is -0.129. The summed E-state index contributed by atoms with van der Waals surface area (Å²) in [5.74, 6) is 0.00229. The molecule has 0 aliphatic carbocycles. The van der Waals surface area contributed by atoms with E-state index in [0.717, 1.165) is 23.3 Å². The van der Waals surface area contributed by atoms with Gasteiger partial charge in [-0.25, -0.2) is 8.42 Å². The number of nitrogens with zero attached hydrogens (tertiary/aromatic N) is 2. The first-order valence-electron chi connectivity index (χ1n) is 7.85. The smallest absolute Gasteiger partial charge is 0.252 e. The highest BCUT2D eigenvalue weighted by molar-refractivity contribution is 7.91. The molecule has 2 rings (SSSR count). The van der Waals surface area contributed by atoms with Crippen molar-refractivity contribution in [2.24, 2.45) is 0 Å². The molecule has 7 heteroatoms. The fourth-order valence-electron chi connectivity index (χ4n) is 2.61. The van der Waals surface area contributed by atoms with Gasteiger partial charge in [-0.15, -0.1) is 11.3 Å². The van der Waals surface area contributed by atoms with E-state index in [1.165, 1.54) is 15.6 Å². The van der Waals surface area contributed by atoms with Crippen LogP contribution in [0.3, 0.4) is 0 Å². The van der Waals surface area contributed by atoms with E-state index in [1.807, 2.05) is 13.8 Å². The molecule has 0 N–H and O–H groups in total. The Labute approximate surface area is 142 Å². The zero-order chi connectivity index (χ0) is 17.0. The molecule has 0 unspecified atom stereocenters. The maximum Gasteiger partial charge on any atom is 0.252 e. The molecule has 0 saturated carbocycles. The van der Waals surface area contributed by atoms with Gasteiger partial charge in [0.1, 0.15) is 4.21 Å². The predicted molar refractivity (Wildman–Crippen MR) is 93.1 cm³/mol. The maximum absolute atomic E-state index is 12.5. The Hall–Kier alpha value is -1.18. The second-order valence-electron chi connectivity index (χ2n) is 5.87. The lowest BCUT2D eigenvalue weighted by atomic mass is 10.2. The summed E-state index contributed by atoms with van der Waals surface area (Å²) >= 11 is 1.20. The van der Waals surface area contributed by atoms with Crippen LogP contribution in [0.15, 0.2) is 28.5 Å². The van der Waals surface area contributed by atoms with E-state index < -0.39 is 10.0 Å². The molecule has 128 valence electrons. The van der Waals surface area contributed by atoms with E-state index >= 15 is 0 Å². The highest BCUT2D eigenvalue weighted by atomic mass is 32.2. The molecule has 1 amide bonds. The molecule has 0 atom stereocenters. The van der Waals surface area contributed by atoms with Crippen molar-refractivity contribution in [3.8, 4) is 0 Å². The Morgan fingerprint density at radius 1 is 1.35 bits per heavy atom. The quantitative estimate of drug-likeness (QED) is 0.705. The van der Waals surface area contributed by atoms with Crippen LogP contribution in [0.1, 0.15) is 31.6 Å². The minimum Gasteiger partial charge on any atom is -0.339 e. The Morgan fingerprint density at radius 3 is 2.57 bits per heavy atom. The van der Waals surface area contributed by atoms with E-state index in [4.69, 9.17) is 0 Å². The minimum absolute atomic E-state index is 0.00229. The van der Waals surface area contributed by atoms with Gasteiger partial charge in [0, 0.05) is 31.1 Å². The first-order chi connectivity index (χ1) is 10.8. The minimum atomic E-state index is -3.39. The maximum atomic E-state index is 12.5. The third kappa shape index (κ3) is 4.43. The van der Waals surface area contributed by atoms with E-state index in [1.54, 1.807) is 17.0 Å². The summed E-state index contributed by atoms with van der Waals surface area (Å²) < 4.78 is 26.9.